The third kappa shape index (κ3) is 3.11. The van der Waals surface area contributed by atoms with Gasteiger partial charge in [0.05, 0.1) is 16.5 Å². The normalized spacial score (nSPS) is 11.4. The molecule has 3 rings (SSSR count). The Labute approximate surface area is 141 Å². The zero-order valence-corrected chi connectivity index (χ0v) is 13.2. The fourth-order valence-electron chi connectivity index (χ4n) is 2.15. The summed E-state index contributed by atoms with van der Waals surface area (Å²) in [5, 5.41) is 10.8. The summed E-state index contributed by atoms with van der Waals surface area (Å²) >= 11 is 12.1. The van der Waals surface area contributed by atoms with Crippen LogP contribution in [0.3, 0.4) is 0 Å². The first-order chi connectivity index (χ1) is 11.1. The standard InChI is InChI=1S/C17H9Cl2N3O/c18-12-5-6-14(19)10(8-12)7-11(9-20)16-21-15-4-2-1-3-13(15)17(23)22-16/h1-8H,(H,21,22,23)/b11-7+. The van der Waals surface area contributed by atoms with Gasteiger partial charge in [0.15, 0.2) is 5.82 Å². The van der Waals surface area contributed by atoms with Gasteiger partial charge < -0.3 is 4.98 Å². The van der Waals surface area contributed by atoms with Crippen molar-refractivity contribution in [1.82, 2.24) is 9.97 Å². The Morgan fingerprint density at radius 1 is 1.22 bits per heavy atom. The van der Waals surface area contributed by atoms with Crippen LogP contribution < -0.4 is 5.56 Å². The molecule has 4 nitrogen and oxygen atoms in total. The first-order valence-electron chi connectivity index (χ1n) is 6.65. The van der Waals surface area contributed by atoms with Gasteiger partial charge in [0.1, 0.15) is 6.07 Å². The van der Waals surface area contributed by atoms with Crippen molar-refractivity contribution in [1.29, 1.82) is 5.26 Å². The number of nitrogens with zero attached hydrogens (tertiary/aromatic N) is 2. The van der Waals surface area contributed by atoms with Gasteiger partial charge in [-0.1, -0.05) is 35.3 Å². The van der Waals surface area contributed by atoms with Crippen molar-refractivity contribution < 1.29 is 0 Å². The zero-order chi connectivity index (χ0) is 16.4. The third-order valence-corrected chi connectivity index (χ3v) is 3.83. The number of nitrogens with one attached hydrogen (secondary N) is 1. The Morgan fingerprint density at radius 2 is 2.00 bits per heavy atom. The summed E-state index contributed by atoms with van der Waals surface area (Å²) < 4.78 is 0. The molecular weight excluding hydrogens is 333 g/mol. The fraction of sp³-hybridized carbons (Fsp3) is 0. The largest absolute Gasteiger partial charge is 0.305 e. The van der Waals surface area contributed by atoms with Crippen molar-refractivity contribution >= 4 is 45.8 Å². The molecule has 3 aromatic rings. The molecule has 2 aromatic carbocycles. The number of rotatable bonds is 2. The lowest BCUT2D eigenvalue weighted by Gasteiger charge is -2.03. The smallest absolute Gasteiger partial charge is 0.259 e. The number of aromatic amines is 1. The highest BCUT2D eigenvalue weighted by molar-refractivity contribution is 6.34. The van der Waals surface area contributed by atoms with E-state index in [1.54, 1.807) is 48.5 Å². The highest BCUT2D eigenvalue weighted by atomic mass is 35.5. The lowest BCUT2D eigenvalue weighted by atomic mass is 10.1. The number of benzene rings is 2. The van der Waals surface area contributed by atoms with Crippen LogP contribution in [-0.2, 0) is 0 Å². The van der Waals surface area contributed by atoms with Crippen LogP contribution in [0, 0.1) is 11.3 Å². The molecule has 0 radical (unpaired) electrons. The second-order valence-corrected chi connectivity index (χ2v) is 5.61. The monoisotopic (exact) mass is 341 g/mol. The quantitative estimate of drug-likeness (QED) is 0.706. The maximum absolute atomic E-state index is 12.1. The Balaban J connectivity index is 2.19. The molecule has 1 N–H and O–H groups in total. The Bertz CT molecular complexity index is 1030. The average Bonchev–Trinajstić information content (AvgIpc) is 2.55. The van der Waals surface area contributed by atoms with Gasteiger partial charge in [-0.25, -0.2) is 4.98 Å². The highest BCUT2D eigenvalue weighted by Gasteiger charge is 2.09. The molecule has 23 heavy (non-hydrogen) atoms. The van der Waals surface area contributed by atoms with Crippen molar-refractivity contribution in [2.75, 3.05) is 0 Å². The second-order valence-electron chi connectivity index (χ2n) is 4.77. The van der Waals surface area contributed by atoms with Crippen molar-refractivity contribution in [2.45, 2.75) is 0 Å². The van der Waals surface area contributed by atoms with Gasteiger partial charge in [-0.05, 0) is 42.0 Å². The topological polar surface area (TPSA) is 69.5 Å². The third-order valence-electron chi connectivity index (χ3n) is 3.25. The summed E-state index contributed by atoms with van der Waals surface area (Å²) in [4.78, 5) is 19.1. The van der Waals surface area contributed by atoms with Crippen molar-refractivity contribution in [3.05, 3.63) is 74.3 Å². The van der Waals surface area contributed by atoms with Gasteiger partial charge >= 0.3 is 0 Å². The SMILES string of the molecule is N#C/C(=C\c1cc(Cl)ccc1Cl)c1nc2ccccc2c(=O)[nH]1. The molecule has 0 aliphatic heterocycles. The summed E-state index contributed by atoms with van der Waals surface area (Å²) in [5.41, 5.74) is 0.983. The summed E-state index contributed by atoms with van der Waals surface area (Å²) in [6, 6.07) is 13.9. The number of nitriles is 1. The van der Waals surface area contributed by atoms with Crippen molar-refractivity contribution in [3.8, 4) is 6.07 Å². The molecule has 0 atom stereocenters. The van der Waals surface area contributed by atoms with Crippen molar-refractivity contribution in [3.63, 3.8) is 0 Å². The van der Waals surface area contributed by atoms with Gasteiger partial charge in [0.2, 0.25) is 0 Å². The summed E-state index contributed by atoms with van der Waals surface area (Å²) in [7, 11) is 0. The van der Waals surface area contributed by atoms with Crippen LogP contribution in [0.2, 0.25) is 10.0 Å². The van der Waals surface area contributed by atoms with Crippen LogP contribution >= 0.6 is 23.2 Å². The molecule has 0 fully saturated rings. The molecule has 1 heterocycles. The molecule has 0 spiro atoms. The van der Waals surface area contributed by atoms with E-state index in [1.807, 2.05) is 6.07 Å². The first-order valence-corrected chi connectivity index (χ1v) is 7.40. The van der Waals surface area contributed by atoms with Gasteiger partial charge in [-0.15, -0.1) is 0 Å². The van der Waals surface area contributed by atoms with Crippen LogP contribution in [0.5, 0.6) is 0 Å². The maximum Gasteiger partial charge on any atom is 0.259 e. The predicted molar refractivity (Wildman–Crippen MR) is 92.3 cm³/mol. The number of aromatic nitrogens is 2. The number of halogens is 2. The van der Waals surface area contributed by atoms with Crippen LogP contribution in [0.25, 0.3) is 22.6 Å². The number of hydrogen-bond acceptors (Lipinski definition) is 3. The van der Waals surface area contributed by atoms with E-state index >= 15 is 0 Å². The molecule has 0 unspecified atom stereocenters. The van der Waals surface area contributed by atoms with E-state index in [9.17, 15) is 10.1 Å². The van der Waals surface area contributed by atoms with E-state index < -0.39 is 0 Å². The molecule has 0 saturated heterocycles. The van der Waals surface area contributed by atoms with Gasteiger partial charge in [0.25, 0.3) is 5.56 Å². The molecular formula is C17H9Cl2N3O. The average molecular weight is 342 g/mol. The number of H-pyrrole nitrogens is 1. The molecule has 6 heteroatoms. The summed E-state index contributed by atoms with van der Waals surface area (Å²) in [6.45, 7) is 0. The maximum atomic E-state index is 12.1. The first kappa shape index (κ1) is 15.3. The summed E-state index contributed by atoms with van der Waals surface area (Å²) in [6.07, 6.45) is 1.54. The number of hydrogen-bond donors (Lipinski definition) is 1. The Kier molecular flexibility index (Phi) is 4.16. The molecule has 0 bridgehead atoms. The fourth-order valence-corrected chi connectivity index (χ4v) is 2.50. The lowest BCUT2D eigenvalue weighted by Crippen LogP contribution is -2.11. The van der Waals surface area contributed by atoms with E-state index in [0.717, 1.165) is 0 Å². The number of para-hydroxylation sites is 1. The minimum absolute atomic E-state index is 0.187. The zero-order valence-electron chi connectivity index (χ0n) is 11.7. The second kappa shape index (κ2) is 6.25. The van der Waals surface area contributed by atoms with Crippen molar-refractivity contribution in [2.24, 2.45) is 0 Å². The van der Waals surface area contributed by atoms with E-state index in [-0.39, 0.29) is 17.0 Å². The minimum Gasteiger partial charge on any atom is -0.305 e. The van der Waals surface area contributed by atoms with Crippen LogP contribution in [0.4, 0.5) is 0 Å². The summed E-state index contributed by atoms with van der Waals surface area (Å²) in [5.74, 6) is 0.187. The molecule has 0 aliphatic carbocycles. The molecule has 0 amide bonds. The van der Waals surface area contributed by atoms with E-state index in [0.29, 0.717) is 26.5 Å². The molecule has 0 saturated carbocycles. The Hall–Kier alpha value is -2.61. The lowest BCUT2D eigenvalue weighted by molar-refractivity contribution is 1.13. The van der Waals surface area contributed by atoms with Crippen LogP contribution in [0.15, 0.2) is 47.3 Å². The van der Waals surface area contributed by atoms with E-state index in [2.05, 4.69) is 9.97 Å². The van der Waals surface area contributed by atoms with Gasteiger partial charge in [-0.3, -0.25) is 4.79 Å². The Morgan fingerprint density at radius 3 is 2.78 bits per heavy atom. The predicted octanol–water partition coefficient (Wildman–Crippen LogP) is 4.29. The molecule has 1 aromatic heterocycles. The highest BCUT2D eigenvalue weighted by Crippen LogP contribution is 2.25. The van der Waals surface area contributed by atoms with Crippen LogP contribution in [0.1, 0.15) is 11.4 Å². The minimum atomic E-state index is -0.302. The molecule has 112 valence electrons. The van der Waals surface area contributed by atoms with Gasteiger partial charge in [0, 0.05) is 10.0 Å². The van der Waals surface area contributed by atoms with E-state index in [4.69, 9.17) is 23.2 Å². The molecule has 0 aliphatic rings. The van der Waals surface area contributed by atoms with Crippen LogP contribution in [-0.4, -0.2) is 9.97 Å². The van der Waals surface area contributed by atoms with Gasteiger partial charge in [-0.2, -0.15) is 5.26 Å². The number of allylic oxidation sites excluding steroid dienone is 1. The number of fused-ring (bicyclic) bond motifs is 1. The van der Waals surface area contributed by atoms with E-state index in [1.165, 1.54) is 0 Å².